The molecule has 0 aliphatic heterocycles. The normalized spacial score (nSPS) is 10.3. The van der Waals surface area contributed by atoms with Gasteiger partial charge in [0.25, 0.3) is 5.69 Å². The number of nitrogens with one attached hydrogen (secondary N) is 1. The maximum absolute atomic E-state index is 11.4. The van der Waals surface area contributed by atoms with Crippen LogP contribution >= 0.6 is 0 Å². The van der Waals surface area contributed by atoms with E-state index in [1.165, 1.54) is 6.07 Å². The molecule has 0 unspecified atom stereocenters. The number of ether oxygens (including phenoxy) is 1. The Labute approximate surface area is 146 Å². The first-order valence-corrected chi connectivity index (χ1v) is 7.91. The lowest BCUT2D eigenvalue weighted by Crippen LogP contribution is -2.00. The third-order valence-corrected chi connectivity index (χ3v) is 3.71. The van der Waals surface area contributed by atoms with E-state index in [4.69, 9.17) is 4.74 Å². The van der Waals surface area contributed by atoms with Crippen molar-refractivity contribution in [2.75, 3.05) is 5.32 Å². The summed E-state index contributed by atoms with van der Waals surface area (Å²) >= 11 is 0. The van der Waals surface area contributed by atoms with Gasteiger partial charge in [0, 0.05) is 5.69 Å². The van der Waals surface area contributed by atoms with Crippen molar-refractivity contribution in [2.45, 2.75) is 13.5 Å². The Hall–Kier alpha value is -3.34. The van der Waals surface area contributed by atoms with Gasteiger partial charge in [-0.2, -0.15) is 0 Å². The number of hydrogen-bond donors (Lipinski definition) is 1. The smallest absolute Gasteiger partial charge is 0.296 e. The summed E-state index contributed by atoms with van der Waals surface area (Å²) < 4.78 is 5.67. The summed E-state index contributed by atoms with van der Waals surface area (Å²) in [6, 6.07) is 22.2. The fourth-order valence-corrected chi connectivity index (χ4v) is 2.48. The number of aryl methyl sites for hydroxylation is 1. The van der Waals surface area contributed by atoms with E-state index < -0.39 is 4.92 Å². The summed E-state index contributed by atoms with van der Waals surface area (Å²) in [6.45, 7) is 2.34. The second-order valence-corrected chi connectivity index (χ2v) is 5.70. The number of hydrogen-bond acceptors (Lipinski definition) is 4. The molecule has 126 valence electrons. The third kappa shape index (κ3) is 4.35. The van der Waals surface area contributed by atoms with E-state index >= 15 is 0 Å². The van der Waals surface area contributed by atoms with Crippen LogP contribution in [0.2, 0.25) is 0 Å². The van der Waals surface area contributed by atoms with Gasteiger partial charge in [-0.05, 0) is 42.3 Å². The molecule has 3 aromatic carbocycles. The van der Waals surface area contributed by atoms with E-state index in [1.54, 1.807) is 12.1 Å². The Kier molecular flexibility index (Phi) is 4.95. The van der Waals surface area contributed by atoms with Crippen LogP contribution in [0, 0.1) is 17.0 Å². The van der Waals surface area contributed by atoms with Crippen LogP contribution in [0.5, 0.6) is 5.75 Å². The average molecular weight is 334 g/mol. The van der Waals surface area contributed by atoms with E-state index in [0.29, 0.717) is 18.0 Å². The summed E-state index contributed by atoms with van der Waals surface area (Å²) in [5.41, 5.74) is 3.30. The van der Waals surface area contributed by atoms with E-state index in [1.807, 2.05) is 61.5 Å². The van der Waals surface area contributed by atoms with E-state index in [-0.39, 0.29) is 5.69 Å². The SMILES string of the molecule is Cc1cccc(Nc2ccc(OCc3ccccc3)cc2[N+](=O)[O-])c1. The third-order valence-electron chi connectivity index (χ3n) is 3.71. The lowest BCUT2D eigenvalue weighted by molar-refractivity contribution is -0.384. The van der Waals surface area contributed by atoms with Gasteiger partial charge in [0.15, 0.2) is 0 Å². The largest absolute Gasteiger partial charge is 0.489 e. The van der Waals surface area contributed by atoms with Gasteiger partial charge < -0.3 is 10.1 Å². The molecule has 0 heterocycles. The van der Waals surface area contributed by atoms with Crippen molar-refractivity contribution in [3.63, 3.8) is 0 Å². The molecule has 0 spiro atoms. The molecule has 0 saturated carbocycles. The molecule has 0 fully saturated rings. The summed E-state index contributed by atoms with van der Waals surface area (Å²) in [5.74, 6) is 0.463. The number of anilines is 2. The zero-order valence-electron chi connectivity index (χ0n) is 13.8. The predicted octanol–water partition coefficient (Wildman–Crippen LogP) is 5.23. The van der Waals surface area contributed by atoms with Crippen molar-refractivity contribution in [1.82, 2.24) is 0 Å². The molecule has 3 aromatic rings. The highest BCUT2D eigenvalue weighted by atomic mass is 16.6. The zero-order valence-corrected chi connectivity index (χ0v) is 13.8. The molecular formula is C20H18N2O3. The Morgan fingerprint density at radius 1 is 1.00 bits per heavy atom. The molecule has 0 radical (unpaired) electrons. The predicted molar refractivity (Wildman–Crippen MR) is 98.3 cm³/mol. The maximum atomic E-state index is 11.4. The van der Waals surface area contributed by atoms with Crippen molar-refractivity contribution >= 4 is 17.1 Å². The van der Waals surface area contributed by atoms with Crippen LogP contribution in [-0.2, 0) is 6.61 Å². The Morgan fingerprint density at radius 3 is 2.52 bits per heavy atom. The summed E-state index contributed by atoms with van der Waals surface area (Å²) in [5, 5.41) is 14.5. The molecule has 3 rings (SSSR count). The molecule has 0 bridgehead atoms. The van der Waals surface area contributed by atoms with E-state index in [9.17, 15) is 10.1 Å². The van der Waals surface area contributed by atoms with Gasteiger partial charge in [-0.3, -0.25) is 10.1 Å². The molecule has 0 atom stereocenters. The van der Waals surface area contributed by atoms with Crippen molar-refractivity contribution in [1.29, 1.82) is 0 Å². The van der Waals surface area contributed by atoms with Crippen molar-refractivity contribution in [3.8, 4) is 5.75 Å². The Bertz CT molecular complexity index is 879. The molecule has 0 saturated heterocycles. The molecule has 5 heteroatoms. The first-order valence-electron chi connectivity index (χ1n) is 7.91. The van der Waals surface area contributed by atoms with Crippen molar-refractivity contribution in [2.24, 2.45) is 0 Å². The summed E-state index contributed by atoms with van der Waals surface area (Å²) in [4.78, 5) is 11.0. The van der Waals surface area contributed by atoms with Gasteiger partial charge in [0.1, 0.15) is 18.0 Å². The molecule has 0 aliphatic carbocycles. The average Bonchev–Trinajstić information content (AvgIpc) is 2.61. The first kappa shape index (κ1) is 16.5. The van der Waals surface area contributed by atoms with Gasteiger partial charge in [-0.1, -0.05) is 42.5 Å². The number of rotatable bonds is 6. The minimum Gasteiger partial charge on any atom is -0.489 e. The van der Waals surface area contributed by atoms with E-state index in [2.05, 4.69) is 5.32 Å². The maximum Gasteiger partial charge on any atom is 0.296 e. The van der Waals surface area contributed by atoms with Crippen LogP contribution in [0.25, 0.3) is 0 Å². The second-order valence-electron chi connectivity index (χ2n) is 5.70. The summed E-state index contributed by atoms with van der Waals surface area (Å²) in [7, 11) is 0. The lowest BCUT2D eigenvalue weighted by atomic mass is 10.2. The highest BCUT2D eigenvalue weighted by molar-refractivity contribution is 5.71. The van der Waals surface area contributed by atoms with Crippen LogP contribution in [0.15, 0.2) is 72.8 Å². The van der Waals surface area contributed by atoms with Gasteiger partial charge >= 0.3 is 0 Å². The minimum absolute atomic E-state index is 0.0212. The van der Waals surface area contributed by atoms with Gasteiger partial charge in [-0.25, -0.2) is 0 Å². The molecule has 0 aromatic heterocycles. The fourth-order valence-electron chi connectivity index (χ4n) is 2.48. The first-order chi connectivity index (χ1) is 12.1. The van der Waals surface area contributed by atoms with Gasteiger partial charge in [0.05, 0.1) is 11.0 Å². The standard InChI is InChI=1S/C20H18N2O3/c1-15-6-5-9-17(12-15)21-19-11-10-18(13-20(19)22(23)24)25-14-16-7-3-2-4-8-16/h2-13,21H,14H2,1H3. The minimum atomic E-state index is -0.409. The van der Waals surface area contributed by atoms with Crippen LogP contribution < -0.4 is 10.1 Å². The molecule has 0 aliphatic rings. The molecule has 5 nitrogen and oxygen atoms in total. The highest BCUT2D eigenvalue weighted by Crippen LogP contribution is 2.32. The molecule has 0 amide bonds. The quantitative estimate of drug-likeness (QED) is 0.495. The number of benzene rings is 3. The highest BCUT2D eigenvalue weighted by Gasteiger charge is 2.15. The fraction of sp³-hybridized carbons (Fsp3) is 0.100. The topological polar surface area (TPSA) is 64.4 Å². The monoisotopic (exact) mass is 334 g/mol. The number of nitro benzene ring substituents is 1. The van der Waals surface area contributed by atoms with E-state index in [0.717, 1.165) is 16.8 Å². The Balaban J connectivity index is 1.79. The molecule has 1 N–H and O–H groups in total. The lowest BCUT2D eigenvalue weighted by Gasteiger charge is -2.10. The van der Waals surface area contributed by atoms with Crippen LogP contribution in [0.3, 0.4) is 0 Å². The van der Waals surface area contributed by atoms with Crippen molar-refractivity contribution in [3.05, 3.63) is 94.0 Å². The second kappa shape index (κ2) is 7.49. The van der Waals surface area contributed by atoms with Gasteiger partial charge in [-0.15, -0.1) is 0 Å². The van der Waals surface area contributed by atoms with Crippen LogP contribution in [0.1, 0.15) is 11.1 Å². The number of nitro groups is 1. The zero-order chi connectivity index (χ0) is 17.6. The van der Waals surface area contributed by atoms with Crippen LogP contribution in [0.4, 0.5) is 17.1 Å². The van der Waals surface area contributed by atoms with Crippen LogP contribution in [-0.4, -0.2) is 4.92 Å². The molecule has 25 heavy (non-hydrogen) atoms. The summed E-state index contributed by atoms with van der Waals surface area (Å²) in [6.07, 6.45) is 0. The number of nitrogens with zero attached hydrogens (tertiary/aromatic N) is 1. The Morgan fingerprint density at radius 2 is 1.80 bits per heavy atom. The van der Waals surface area contributed by atoms with Gasteiger partial charge in [0.2, 0.25) is 0 Å². The van der Waals surface area contributed by atoms with Crippen molar-refractivity contribution < 1.29 is 9.66 Å². The molecular weight excluding hydrogens is 316 g/mol.